The Morgan fingerprint density at radius 2 is 1.78 bits per heavy atom. The third-order valence-corrected chi connectivity index (χ3v) is 2.07. The highest BCUT2D eigenvalue weighted by atomic mass is 16.5. The van der Waals surface area contributed by atoms with Crippen LogP contribution in [0.25, 0.3) is 0 Å². The smallest absolute Gasteiger partial charge is 0.0721 e. The normalized spacial score (nSPS) is 43.7. The largest absolute Gasteiger partial charge is 0.372 e. The third-order valence-electron chi connectivity index (χ3n) is 2.07. The lowest BCUT2D eigenvalue weighted by Crippen LogP contribution is -2.46. The van der Waals surface area contributed by atoms with E-state index in [9.17, 15) is 0 Å². The summed E-state index contributed by atoms with van der Waals surface area (Å²) < 4.78 is 5.55. The van der Waals surface area contributed by atoms with Crippen molar-refractivity contribution in [3.63, 3.8) is 0 Å². The Labute approximate surface area is 54.7 Å². The zero-order valence-electron chi connectivity index (χ0n) is 5.42. The summed E-state index contributed by atoms with van der Waals surface area (Å²) in [7, 11) is 0. The monoisotopic (exact) mass is 128 g/mol. The van der Waals surface area contributed by atoms with Crippen LogP contribution in [0.15, 0.2) is 0 Å². The van der Waals surface area contributed by atoms with Crippen molar-refractivity contribution in [3.05, 3.63) is 0 Å². The molecule has 2 atom stereocenters. The van der Waals surface area contributed by atoms with Crippen molar-refractivity contribution in [1.29, 1.82) is 0 Å². The van der Waals surface area contributed by atoms with Crippen molar-refractivity contribution < 1.29 is 4.74 Å². The fraction of sp³-hybridized carbons (Fsp3) is 1.00. The highest BCUT2D eigenvalue weighted by Gasteiger charge is 2.32. The van der Waals surface area contributed by atoms with Crippen molar-refractivity contribution in [2.45, 2.75) is 25.0 Å². The van der Waals surface area contributed by atoms with Crippen molar-refractivity contribution >= 4 is 0 Å². The average molecular weight is 128 g/mol. The van der Waals surface area contributed by atoms with Gasteiger partial charge in [-0.3, -0.25) is 5.84 Å². The minimum Gasteiger partial charge on any atom is -0.372 e. The van der Waals surface area contributed by atoms with E-state index in [1.807, 2.05) is 5.01 Å². The fourth-order valence-corrected chi connectivity index (χ4v) is 1.65. The van der Waals surface area contributed by atoms with Gasteiger partial charge in [0.2, 0.25) is 0 Å². The number of nitrogens with two attached hydrogens (primary N) is 1. The lowest BCUT2D eigenvalue weighted by atomic mass is 10.2. The molecule has 2 N–H and O–H groups in total. The molecule has 2 heterocycles. The number of rotatable bonds is 0. The van der Waals surface area contributed by atoms with E-state index in [0.29, 0.717) is 12.2 Å². The zero-order chi connectivity index (χ0) is 6.27. The number of fused-ring (bicyclic) bond motifs is 2. The predicted octanol–water partition coefficient (Wildman–Crippen LogP) is -0.277. The second-order valence-corrected chi connectivity index (χ2v) is 2.91. The van der Waals surface area contributed by atoms with Gasteiger partial charge in [0.15, 0.2) is 0 Å². The first-order chi connectivity index (χ1) is 4.34. The molecular formula is C6H12N2O. The standard InChI is InChI=1S/C6H12N2O/c7-8-3-5-1-2-6(4-8)9-5/h5-6H,1-4,7H2/t5-,6+. The second-order valence-electron chi connectivity index (χ2n) is 2.91. The van der Waals surface area contributed by atoms with Gasteiger partial charge < -0.3 is 4.74 Å². The first kappa shape index (κ1) is 5.65. The molecule has 0 aromatic heterocycles. The van der Waals surface area contributed by atoms with Crippen LogP contribution in [0.3, 0.4) is 0 Å². The molecule has 0 amide bonds. The van der Waals surface area contributed by atoms with Gasteiger partial charge in [0, 0.05) is 13.1 Å². The van der Waals surface area contributed by atoms with Crippen molar-refractivity contribution in [2.24, 2.45) is 5.84 Å². The van der Waals surface area contributed by atoms with Crippen molar-refractivity contribution in [3.8, 4) is 0 Å². The van der Waals surface area contributed by atoms with Gasteiger partial charge in [-0.2, -0.15) is 0 Å². The molecule has 2 aliphatic rings. The van der Waals surface area contributed by atoms with E-state index in [1.54, 1.807) is 0 Å². The number of morpholine rings is 1. The molecule has 2 aliphatic heterocycles. The molecule has 2 rings (SSSR count). The maximum atomic E-state index is 5.61. The van der Waals surface area contributed by atoms with Gasteiger partial charge in [0.25, 0.3) is 0 Å². The number of hydrogen-bond donors (Lipinski definition) is 1. The average Bonchev–Trinajstić information content (AvgIpc) is 2.11. The van der Waals surface area contributed by atoms with Gasteiger partial charge >= 0.3 is 0 Å². The van der Waals surface area contributed by atoms with Gasteiger partial charge in [-0.05, 0) is 12.8 Å². The molecule has 9 heavy (non-hydrogen) atoms. The molecule has 2 fully saturated rings. The Kier molecular flexibility index (Phi) is 1.22. The lowest BCUT2D eigenvalue weighted by molar-refractivity contribution is -0.0386. The molecule has 0 aliphatic carbocycles. The molecule has 0 spiro atoms. The molecule has 0 saturated carbocycles. The number of hydrazine groups is 1. The number of nitrogens with zero attached hydrogens (tertiary/aromatic N) is 1. The van der Waals surface area contributed by atoms with Gasteiger partial charge in [-0.1, -0.05) is 0 Å². The van der Waals surface area contributed by atoms with E-state index in [-0.39, 0.29) is 0 Å². The van der Waals surface area contributed by atoms with Crippen LogP contribution >= 0.6 is 0 Å². The molecule has 0 aromatic carbocycles. The molecule has 2 saturated heterocycles. The summed E-state index contributed by atoms with van der Waals surface area (Å²) in [5.41, 5.74) is 0. The van der Waals surface area contributed by atoms with E-state index < -0.39 is 0 Å². The van der Waals surface area contributed by atoms with Crippen molar-refractivity contribution in [1.82, 2.24) is 5.01 Å². The molecule has 3 heteroatoms. The maximum Gasteiger partial charge on any atom is 0.0721 e. The lowest BCUT2D eigenvalue weighted by Gasteiger charge is -2.27. The van der Waals surface area contributed by atoms with Crippen LogP contribution in [-0.2, 0) is 4.74 Å². The zero-order valence-corrected chi connectivity index (χ0v) is 5.42. The first-order valence-electron chi connectivity index (χ1n) is 3.50. The van der Waals surface area contributed by atoms with Crippen LogP contribution in [0, 0.1) is 0 Å². The van der Waals surface area contributed by atoms with Gasteiger partial charge in [0.05, 0.1) is 12.2 Å². The Morgan fingerprint density at radius 3 is 2.33 bits per heavy atom. The quantitative estimate of drug-likeness (QED) is 0.456. The number of ether oxygens (including phenoxy) is 1. The summed E-state index contributed by atoms with van der Waals surface area (Å²) in [6, 6.07) is 0. The van der Waals surface area contributed by atoms with E-state index in [2.05, 4.69) is 0 Å². The van der Waals surface area contributed by atoms with Crippen molar-refractivity contribution in [2.75, 3.05) is 13.1 Å². The molecule has 3 nitrogen and oxygen atoms in total. The second kappa shape index (κ2) is 1.94. The fourth-order valence-electron chi connectivity index (χ4n) is 1.65. The highest BCUT2D eigenvalue weighted by Crippen LogP contribution is 2.24. The van der Waals surface area contributed by atoms with Gasteiger partial charge in [0.1, 0.15) is 0 Å². The minimum atomic E-state index is 0.439. The predicted molar refractivity (Wildman–Crippen MR) is 33.7 cm³/mol. The summed E-state index contributed by atoms with van der Waals surface area (Å²) >= 11 is 0. The highest BCUT2D eigenvalue weighted by molar-refractivity contribution is 4.82. The van der Waals surface area contributed by atoms with E-state index in [4.69, 9.17) is 10.6 Å². The summed E-state index contributed by atoms with van der Waals surface area (Å²) in [4.78, 5) is 0. The topological polar surface area (TPSA) is 38.5 Å². The van der Waals surface area contributed by atoms with Crippen LogP contribution in [0.1, 0.15) is 12.8 Å². The summed E-state index contributed by atoms with van der Waals surface area (Å²) in [6.07, 6.45) is 3.29. The Hall–Kier alpha value is -0.120. The summed E-state index contributed by atoms with van der Waals surface area (Å²) in [5.74, 6) is 5.61. The number of hydrogen-bond acceptors (Lipinski definition) is 3. The molecule has 0 unspecified atom stereocenters. The molecule has 0 aromatic rings. The van der Waals surface area contributed by atoms with E-state index in [0.717, 1.165) is 13.1 Å². The molecule has 2 bridgehead atoms. The van der Waals surface area contributed by atoms with Crippen LogP contribution in [0.5, 0.6) is 0 Å². The first-order valence-corrected chi connectivity index (χ1v) is 3.50. The van der Waals surface area contributed by atoms with Crippen LogP contribution in [0.2, 0.25) is 0 Å². The van der Waals surface area contributed by atoms with E-state index >= 15 is 0 Å². The van der Waals surface area contributed by atoms with Crippen LogP contribution < -0.4 is 5.84 Å². The maximum absolute atomic E-state index is 5.61. The van der Waals surface area contributed by atoms with Gasteiger partial charge in [-0.15, -0.1) is 0 Å². The summed E-state index contributed by atoms with van der Waals surface area (Å²) in [6.45, 7) is 1.85. The Balaban J connectivity index is 2.03. The minimum absolute atomic E-state index is 0.439. The molecule has 52 valence electrons. The third kappa shape index (κ3) is 0.956. The molecular weight excluding hydrogens is 116 g/mol. The SMILES string of the molecule is NN1C[C@H]2CC[C@@H](C1)O2. The van der Waals surface area contributed by atoms with E-state index in [1.165, 1.54) is 12.8 Å². The summed E-state index contributed by atoms with van der Waals surface area (Å²) in [5, 5.41) is 1.87. The Bertz CT molecular complexity index is 106. The van der Waals surface area contributed by atoms with Gasteiger partial charge in [-0.25, -0.2) is 5.01 Å². The Morgan fingerprint density at radius 1 is 1.22 bits per heavy atom. The van der Waals surface area contributed by atoms with Crippen LogP contribution in [-0.4, -0.2) is 30.3 Å². The van der Waals surface area contributed by atoms with Crippen LogP contribution in [0.4, 0.5) is 0 Å². The molecule has 0 radical (unpaired) electrons.